The summed E-state index contributed by atoms with van der Waals surface area (Å²) in [5, 5.41) is 15.2. The van der Waals surface area contributed by atoms with Crippen LogP contribution in [-0.2, 0) is 20.9 Å². The smallest absolute Gasteiger partial charge is 0.325 e. The van der Waals surface area contributed by atoms with E-state index in [-0.39, 0.29) is 12.5 Å². The summed E-state index contributed by atoms with van der Waals surface area (Å²) in [6.07, 6.45) is 3.04. The molecule has 0 spiro atoms. The van der Waals surface area contributed by atoms with Crippen molar-refractivity contribution in [3.05, 3.63) is 12.3 Å². The van der Waals surface area contributed by atoms with Crippen LogP contribution in [0.3, 0.4) is 0 Å². The fourth-order valence-electron chi connectivity index (χ4n) is 1.86. The van der Waals surface area contributed by atoms with E-state index in [1.165, 1.54) is 10.9 Å². The van der Waals surface area contributed by atoms with Crippen molar-refractivity contribution in [1.29, 1.82) is 0 Å². The van der Waals surface area contributed by atoms with Crippen molar-refractivity contribution >= 4 is 17.7 Å². The molecule has 1 amide bonds. The van der Waals surface area contributed by atoms with Crippen LogP contribution in [0, 0.1) is 0 Å². The summed E-state index contributed by atoms with van der Waals surface area (Å²) >= 11 is 0. The van der Waals surface area contributed by atoms with E-state index >= 15 is 0 Å². The normalized spacial score (nSPS) is 22.9. The molecule has 98 valence electrons. The van der Waals surface area contributed by atoms with Gasteiger partial charge in [-0.2, -0.15) is 5.10 Å². The van der Waals surface area contributed by atoms with Crippen molar-refractivity contribution in [1.82, 2.24) is 9.78 Å². The van der Waals surface area contributed by atoms with Crippen LogP contribution < -0.4 is 5.32 Å². The lowest BCUT2D eigenvalue weighted by atomic mass is 10.0. The number of ether oxygens (including phenoxy) is 1. The number of nitrogens with zero attached hydrogens (tertiary/aromatic N) is 2. The average Bonchev–Trinajstić information content (AvgIpc) is 2.88. The molecule has 0 aliphatic carbocycles. The van der Waals surface area contributed by atoms with Crippen LogP contribution in [0.4, 0.5) is 5.82 Å². The van der Waals surface area contributed by atoms with Gasteiger partial charge in [0.1, 0.15) is 12.1 Å². The Morgan fingerprint density at radius 2 is 2.44 bits per heavy atom. The topological polar surface area (TPSA) is 93.5 Å². The van der Waals surface area contributed by atoms with Gasteiger partial charge in [0.2, 0.25) is 0 Å². The van der Waals surface area contributed by atoms with Crippen molar-refractivity contribution in [2.24, 2.45) is 0 Å². The van der Waals surface area contributed by atoms with Crippen LogP contribution in [0.25, 0.3) is 0 Å². The number of aliphatic carboxylic acids is 1. The summed E-state index contributed by atoms with van der Waals surface area (Å²) in [5.41, 5.74) is -0.809. The molecule has 0 radical (unpaired) electrons. The number of carboxylic acid groups (broad SMARTS) is 1. The summed E-state index contributed by atoms with van der Waals surface area (Å²) in [6.45, 7) is 2.09. The quantitative estimate of drug-likeness (QED) is 0.813. The number of aromatic nitrogens is 2. The zero-order valence-electron chi connectivity index (χ0n) is 10.0. The lowest BCUT2D eigenvalue weighted by Gasteiger charge is -2.20. The Labute approximate surface area is 104 Å². The minimum Gasteiger partial charge on any atom is -0.480 e. The number of anilines is 1. The molecule has 0 saturated carbocycles. The largest absolute Gasteiger partial charge is 0.480 e. The molecule has 0 bridgehead atoms. The number of hydrogen-bond donors (Lipinski definition) is 2. The highest BCUT2D eigenvalue weighted by Crippen LogP contribution is 2.26. The molecule has 1 saturated heterocycles. The molecule has 7 heteroatoms. The number of carboxylic acids is 1. The predicted molar refractivity (Wildman–Crippen MR) is 62.1 cm³/mol. The Kier molecular flexibility index (Phi) is 3.33. The van der Waals surface area contributed by atoms with E-state index in [2.05, 4.69) is 10.4 Å². The zero-order valence-corrected chi connectivity index (χ0v) is 10.0. The molecule has 1 atom stereocenters. The third kappa shape index (κ3) is 2.67. The van der Waals surface area contributed by atoms with Gasteiger partial charge in [-0.05, 0) is 19.8 Å². The van der Waals surface area contributed by atoms with Gasteiger partial charge in [0, 0.05) is 18.9 Å². The van der Waals surface area contributed by atoms with Gasteiger partial charge in [0.25, 0.3) is 5.91 Å². The van der Waals surface area contributed by atoms with Gasteiger partial charge < -0.3 is 15.2 Å². The van der Waals surface area contributed by atoms with Crippen molar-refractivity contribution in [3.63, 3.8) is 0 Å². The SMILES string of the molecule is CC1(C(=O)Nc2ccn(CC(=O)O)n2)CCCO1. The maximum atomic E-state index is 12.0. The first kappa shape index (κ1) is 12.6. The lowest BCUT2D eigenvalue weighted by Crippen LogP contribution is -2.39. The number of carbonyl (C=O) groups is 2. The second-order valence-electron chi connectivity index (χ2n) is 4.43. The third-order valence-electron chi connectivity index (χ3n) is 2.88. The van der Waals surface area contributed by atoms with Crippen LogP contribution in [0.15, 0.2) is 12.3 Å². The first-order valence-corrected chi connectivity index (χ1v) is 5.70. The van der Waals surface area contributed by atoms with Gasteiger partial charge in [-0.3, -0.25) is 14.3 Å². The van der Waals surface area contributed by atoms with Gasteiger partial charge in [0.05, 0.1) is 0 Å². The molecule has 2 heterocycles. The fourth-order valence-corrected chi connectivity index (χ4v) is 1.86. The van der Waals surface area contributed by atoms with Crippen LogP contribution in [0.2, 0.25) is 0 Å². The van der Waals surface area contributed by atoms with E-state index < -0.39 is 11.6 Å². The van der Waals surface area contributed by atoms with Gasteiger partial charge in [-0.1, -0.05) is 0 Å². The van der Waals surface area contributed by atoms with Gasteiger partial charge in [-0.25, -0.2) is 0 Å². The monoisotopic (exact) mass is 253 g/mol. The first-order valence-electron chi connectivity index (χ1n) is 5.70. The molecule has 7 nitrogen and oxygen atoms in total. The number of nitrogens with one attached hydrogen (secondary N) is 1. The molecule has 1 aromatic rings. The van der Waals surface area contributed by atoms with E-state index in [9.17, 15) is 9.59 Å². The van der Waals surface area contributed by atoms with Gasteiger partial charge >= 0.3 is 5.97 Å². The van der Waals surface area contributed by atoms with Crippen LogP contribution in [0.5, 0.6) is 0 Å². The Morgan fingerprint density at radius 1 is 1.67 bits per heavy atom. The van der Waals surface area contributed by atoms with E-state index in [0.717, 1.165) is 6.42 Å². The lowest BCUT2D eigenvalue weighted by molar-refractivity contribution is -0.137. The number of hydrogen-bond acceptors (Lipinski definition) is 4. The third-order valence-corrected chi connectivity index (χ3v) is 2.88. The second-order valence-corrected chi connectivity index (χ2v) is 4.43. The maximum absolute atomic E-state index is 12.0. The first-order chi connectivity index (χ1) is 8.49. The summed E-state index contributed by atoms with van der Waals surface area (Å²) < 4.78 is 6.65. The predicted octanol–water partition coefficient (Wildman–Crippen LogP) is 0.475. The van der Waals surface area contributed by atoms with Crippen molar-refractivity contribution in [2.75, 3.05) is 11.9 Å². The Morgan fingerprint density at radius 3 is 3.06 bits per heavy atom. The van der Waals surface area contributed by atoms with Crippen LogP contribution >= 0.6 is 0 Å². The molecule has 2 rings (SSSR count). The van der Waals surface area contributed by atoms with Crippen molar-refractivity contribution in [2.45, 2.75) is 31.9 Å². The Hall–Kier alpha value is -1.89. The van der Waals surface area contributed by atoms with Gasteiger partial charge in [0.15, 0.2) is 5.82 Å². The minimum absolute atomic E-state index is 0.233. The molecule has 18 heavy (non-hydrogen) atoms. The number of amides is 1. The molecule has 1 fully saturated rings. The van der Waals surface area contributed by atoms with Gasteiger partial charge in [-0.15, -0.1) is 0 Å². The molecule has 1 aliphatic heterocycles. The van der Waals surface area contributed by atoms with E-state index in [1.807, 2.05) is 0 Å². The molecule has 1 unspecified atom stereocenters. The molecule has 2 N–H and O–H groups in total. The zero-order chi connectivity index (χ0) is 13.2. The van der Waals surface area contributed by atoms with E-state index in [0.29, 0.717) is 18.8 Å². The number of carbonyl (C=O) groups excluding carboxylic acids is 1. The highest BCUT2D eigenvalue weighted by atomic mass is 16.5. The highest BCUT2D eigenvalue weighted by Gasteiger charge is 2.37. The van der Waals surface area contributed by atoms with Crippen LogP contribution in [-0.4, -0.2) is 39.0 Å². The summed E-state index contributed by atoms with van der Waals surface area (Å²) in [6, 6.07) is 1.55. The maximum Gasteiger partial charge on any atom is 0.325 e. The standard InChI is InChI=1S/C11H15N3O4/c1-11(4-2-6-18-11)10(17)12-8-3-5-14(13-8)7-9(15)16/h3,5H,2,4,6-7H2,1H3,(H,15,16)(H,12,13,17). The second kappa shape index (κ2) is 4.77. The molecular formula is C11H15N3O4. The fraction of sp³-hybridized carbons (Fsp3) is 0.545. The molecule has 1 aromatic heterocycles. The Bertz CT molecular complexity index is 463. The molecule has 1 aliphatic rings. The van der Waals surface area contributed by atoms with Crippen molar-refractivity contribution < 1.29 is 19.4 Å². The van der Waals surface area contributed by atoms with E-state index in [1.54, 1.807) is 13.0 Å². The average molecular weight is 253 g/mol. The summed E-state index contributed by atoms with van der Waals surface area (Å²) in [5.74, 6) is -0.902. The van der Waals surface area contributed by atoms with Crippen LogP contribution in [0.1, 0.15) is 19.8 Å². The Balaban J connectivity index is 1.99. The van der Waals surface area contributed by atoms with E-state index in [4.69, 9.17) is 9.84 Å². The molecule has 0 aromatic carbocycles. The summed E-state index contributed by atoms with van der Waals surface area (Å²) in [7, 11) is 0. The summed E-state index contributed by atoms with van der Waals surface area (Å²) in [4.78, 5) is 22.5. The molecular weight excluding hydrogens is 238 g/mol. The highest BCUT2D eigenvalue weighted by molar-refractivity contribution is 5.96. The van der Waals surface area contributed by atoms with Crippen molar-refractivity contribution in [3.8, 4) is 0 Å². The number of rotatable bonds is 4. The minimum atomic E-state index is -0.984.